The highest BCUT2D eigenvalue weighted by atomic mass is 32.2. The molecule has 4 aromatic carbocycles. The Balaban J connectivity index is 1.68. The van der Waals surface area contributed by atoms with Crippen molar-refractivity contribution in [2.24, 2.45) is 0 Å². The van der Waals surface area contributed by atoms with E-state index in [1.54, 1.807) is 0 Å². The van der Waals surface area contributed by atoms with Crippen LogP contribution >= 0.6 is 35.3 Å². The first kappa shape index (κ1) is 32.6. The molecule has 222 valence electrons. The molecule has 0 amide bonds. The first-order valence-corrected chi connectivity index (χ1v) is 18.4. The minimum Gasteiger partial charge on any atom is -0.457 e. The van der Waals surface area contributed by atoms with E-state index >= 15 is 0 Å². The number of benzene rings is 4. The molecule has 0 atom stereocenters. The van der Waals surface area contributed by atoms with Crippen LogP contribution < -0.4 is 4.74 Å². The van der Waals surface area contributed by atoms with Crippen LogP contribution in [0.4, 0.5) is 0 Å². The van der Waals surface area contributed by atoms with Crippen LogP contribution in [-0.4, -0.2) is 18.8 Å². The molecule has 42 heavy (non-hydrogen) atoms. The van der Waals surface area contributed by atoms with Gasteiger partial charge < -0.3 is 4.74 Å². The molecule has 4 rings (SSSR count). The molecule has 1 nitrogen and oxygen atoms in total. The van der Waals surface area contributed by atoms with Gasteiger partial charge in [0.25, 0.3) is 0 Å². The molecule has 4 aromatic rings. The van der Waals surface area contributed by atoms with Crippen molar-refractivity contribution >= 4 is 35.3 Å². The van der Waals surface area contributed by atoms with E-state index in [4.69, 9.17) is 4.74 Å². The Hall–Kier alpha value is -2.27. The fraction of sp³-hybridized carbons (Fsp3) is 0.368. The van der Waals surface area contributed by atoms with Gasteiger partial charge in [-0.25, -0.2) is 0 Å². The van der Waals surface area contributed by atoms with Crippen LogP contribution in [0.5, 0.6) is 11.5 Å². The van der Waals surface area contributed by atoms with Crippen molar-refractivity contribution in [3.05, 3.63) is 113 Å². The largest absolute Gasteiger partial charge is 0.457 e. The molecular weight excluding hydrogens is 569 g/mol. The van der Waals surface area contributed by atoms with Crippen LogP contribution in [0.15, 0.2) is 99.6 Å². The zero-order chi connectivity index (χ0) is 30.5. The lowest BCUT2D eigenvalue weighted by Crippen LogP contribution is -2.24. The lowest BCUT2D eigenvalue weighted by Gasteiger charge is -2.32. The highest BCUT2D eigenvalue weighted by Crippen LogP contribution is 2.44. The van der Waals surface area contributed by atoms with Crippen molar-refractivity contribution in [1.29, 1.82) is 0 Å². The maximum absolute atomic E-state index is 6.43. The first-order chi connectivity index (χ1) is 20.0. The molecule has 0 N–H and O–H groups in total. The fourth-order valence-electron chi connectivity index (χ4n) is 6.01. The Morgan fingerprint density at radius 2 is 1.19 bits per heavy atom. The van der Waals surface area contributed by atoms with Crippen molar-refractivity contribution in [3.63, 3.8) is 0 Å². The van der Waals surface area contributed by atoms with Crippen LogP contribution in [0.1, 0.15) is 75.3 Å². The van der Waals surface area contributed by atoms with Crippen molar-refractivity contribution in [2.45, 2.75) is 85.8 Å². The average Bonchev–Trinajstić information content (AvgIpc) is 2.96. The number of hydrogen-bond donors (Lipinski definition) is 0. The first-order valence-electron chi connectivity index (χ1n) is 14.7. The molecule has 0 aliphatic carbocycles. The summed E-state index contributed by atoms with van der Waals surface area (Å²) in [6, 6.07) is 30.7. The Kier molecular flexibility index (Phi) is 10.9. The molecule has 0 aliphatic rings. The van der Waals surface area contributed by atoms with Crippen molar-refractivity contribution < 1.29 is 4.74 Å². The topological polar surface area (TPSA) is 9.23 Å². The third-order valence-electron chi connectivity index (χ3n) is 8.04. The monoisotopic (exact) mass is 614 g/mol. The summed E-state index contributed by atoms with van der Waals surface area (Å²) >= 11 is 5.59. The lowest BCUT2D eigenvalue weighted by atomic mass is 9.76. The molecule has 0 aliphatic heterocycles. The van der Waals surface area contributed by atoms with Gasteiger partial charge >= 0.3 is 0 Å². The van der Waals surface area contributed by atoms with Gasteiger partial charge in [0, 0.05) is 14.7 Å². The predicted octanol–water partition coefficient (Wildman–Crippen LogP) is 11.8. The summed E-state index contributed by atoms with van der Waals surface area (Å²) in [7, 11) is 0. The number of hydrogen-bond acceptors (Lipinski definition) is 4. The molecule has 4 heteroatoms. The van der Waals surface area contributed by atoms with Crippen molar-refractivity contribution in [2.75, 3.05) is 18.8 Å². The second kappa shape index (κ2) is 14.0. The van der Waals surface area contributed by atoms with Gasteiger partial charge in [-0.05, 0) is 113 Å². The third-order valence-corrected chi connectivity index (χ3v) is 10.4. The molecule has 0 saturated carbocycles. The van der Waals surface area contributed by atoms with Gasteiger partial charge in [0.1, 0.15) is 11.5 Å². The van der Waals surface area contributed by atoms with Gasteiger partial charge in [-0.3, -0.25) is 0 Å². The van der Waals surface area contributed by atoms with E-state index in [1.165, 1.54) is 42.5 Å². The molecule has 0 spiro atoms. The minimum atomic E-state index is -0.0560. The zero-order valence-electron chi connectivity index (χ0n) is 26.7. The number of ether oxygens (including phenoxy) is 1. The Morgan fingerprint density at radius 1 is 0.619 bits per heavy atom. The highest BCUT2D eigenvalue weighted by Gasteiger charge is 2.30. The minimum absolute atomic E-state index is 0.0370. The molecule has 0 radical (unpaired) electrons. The summed E-state index contributed by atoms with van der Waals surface area (Å²) in [6.07, 6.45) is 8.56. The standard InChI is InChI=1S/C38H46OS3/c1-26(2)30-20-19-27(21-32(30)39-29-15-11-10-12-16-29)24-38(5,6)36-34(41-8)22-28(23-35(36)42-9)25-37(3,4)31-17-13-14-18-33(31)40-7/h10-23,26H,24-25H2,1-9H3. The van der Waals surface area contributed by atoms with Gasteiger partial charge in [-0.1, -0.05) is 90.1 Å². The number of thioether (sulfide) groups is 3. The second-order valence-corrected chi connectivity index (χ2v) is 15.2. The summed E-state index contributed by atoms with van der Waals surface area (Å²) in [6.45, 7) is 14.0. The number of rotatable bonds is 12. The van der Waals surface area contributed by atoms with Gasteiger partial charge in [0.15, 0.2) is 0 Å². The maximum atomic E-state index is 6.43. The normalized spacial score (nSPS) is 12.1. The van der Waals surface area contributed by atoms with Gasteiger partial charge in [0.2, 0.25) is 0 Å². The summed E-state index contributed by atoms with van der Waals surface area (Å²) in [5, 5.41) is 0. The van der Waals surface area contributed by atoms with Gasteiger partial charge in [-0.2, -0.15) is 0 Å². The summed E-state index contributed by atoms with van der Waals surface area (Å²) in [4.78, 5) is 4.14. The molecule has 0 bridgehead atoms. The highest BCUT2D eigenvalue weighted by molar-refractivity contribution is 7.99. The predicted molar refractivity (Wildman–Crippen MR) is 189 cm³/mol. The Bertz CT molecular complexity index is 1460. The van der Waals surface area contributed by atoms with Crippen LogP contribution in [0.2, 0.25) is 0 Å². The van der Waals surface area contributed by atoms with Gasteiger partial charge in [0.05, 0.1) is 0 Å². The quantitative estimate of drug-likeness (QED) is 0.147. The molecular formula is C38H46OS3. The van der Waals surface area contributed by atoms with Crippen molar-refractivity contribution in [1.82, 2.24) is 0 Å². The average molecular weight is 615 g/mol. The van der Waals surface area contributed by atoms with Crippen LogP contribution in [0.3, 0.4) is 0 Å². The van der Waals surface area contributed by atoms with E-state index < -0.39 is 0 Å². The molecule has 0 aromatic heterocycles. The summed E-state index contributed by atoms with van der Waals surface area (Å²) in [5.41, 5.74) is 6.81. The van der Waals surface area contributed by atoms with E-state index in [0.29, 0.717) is 5.92 Å². The maximum Gasteiger partial charge on any atom is 0.131 e. The second-order valence-electron chi connectivity index (χ2n) is 12.6. The number of para-hydroxylation sites is 1. The van der Waals surface area contributed by atoms with E-state index in [9.17, 15) is 0 Å². The zero-order valence-corrected chi connectivity index (χ0v) is 29.2. The molecule has 0 saturated heterocycles. The third kappa shape index (κ3) is 7.62. The van der Waals surface area contributed by atoms with E-state index in [0.717, 1.165) is 24.3 Å². The summed E-state index contributed by atoms with van der Waals surface area (Å²) in [5.74, 6) is 2.23. The Morgan fingerprint density at radius 3 is 1.79 bits per heavy atom. The molecule has 0 unspecified atom stereocenters. The molecule has 0 fully saturated rings. The fourth-order valence-corrected chi connectivity index (χ4v) is 8.58. The molecule has 0 heterocycles. The van der Waals surface area contributed by atoms with Gasteiger partial charge in [-0.15, -0.1) is 35.3 Å². The SMILES string of the molecule is CSc1ccccc1C(C)(C)Cc1cc(SC)c(C(C)(C)Cc2ccc(C(C)C)c(Oc3ccccc3)c2)c(SC)c1. The van der Waals surface area contributed by atoms with E-state index in [1.807, 2.05) is 65.6 Å². The van der Waals surface area contributed by atoms with Crippen LogP contribution in [0, 0.1) is 0 Å². The van der Waals surface area contributed by atoms with Crippen LogP contribution in [0.25, 0.3) is 0 Å². The van der Waals surface area contributed by atoms with E-state index in [2.05, 4.69) is 115 Å². The Labute approximate surface area is 267 Å². The van der Waals surface area contributed by atoms with Crippen LogP contribution in [-0.2, 0) is 23.7 Å². The van der Waals surface area contributed by atoms with E-state index in [-0.39, 0.29) is 10.8 Å². The smallest absolute Gasteiger partial charge is 0.131 e. The lowest BCUT2D eigenvalue weighted by molar-refractivity contribution is 0.468. The van der Waals surface area contributed by atoms with Crippen molar-refractivity contribution in [3.8, 4) is 11.5 Å². The summed E-state index contributed by atoms with van der Waals surface area (Å²) < 4.78 is 6.43.